The maximum Gasteiger partial charge on any atom is 0.243 e. The van der Waals surface area contributed by atoms with Gasteiger partial charge in [0.2, 0.25) is 10.0 Å². The molecule has 0 unspecified atom stereocenters. The second-order valence-electron chi connectivity index (χ2n) is 5.50. The summed E-state index contributed by atoms with van der Waals surface area (Å²) in [4.78, 5) is 0.322. The fourth-order valence-electron chi connectivity index (χ4n) is 2.61. The van der Waals surface area contributed by atoms with Crippen molar-refractivity contribution in [2.45, 2.75) is 43.5 Å². The largest absolute Gasteiger partial charge is 0.399 e. The molecular formula is C14H22N2O2S. The van der Waals surface area contributed by atoms with Crippen LogP contribution in [0.3, 0.4) is 0 Å². The number of anilines is 1. The standard InChI is InChI=1S/C14H22N2O2S/c1-11-3-7-13(8-4-11)16(2)19(17,18)14-9-5-12(15)6-10-14/h5-6,9-11,13H,3-4,7-8,15H2,1-2H3. The molecule has 1 fully saturated rings. The van der Waals surface area contributed by atoms with Crippen LogP contribution in [-0.2, 0) is 10.0 Å². The molecule has 1 saturated carbocycles. The van der Waals surface area contributed by atoms with E-state index in [0.717, 1.165) is 25.7 Å². The number of nitrogens with two attached hydrogens (primary N) is 1. The van der Waals surface area contributed by atoms with Crippen LogP contribution in [0.5, 0.6) is 0 Å². The normalized spacial score (nSPS) is 24.6. The van der Waals surface area contributed by atoms with Gasteiger partial charge in [-0.3, -0.25) is 0 Å². The summed E-state index contributed by atoms with van der Waals surface area (Å²) in [6, 6.07) is 6.53. The smallest absolute Gasteiger partial charge is 0.243 e. The van der Waals surface area contributed by atoms with Crippen LogP contribution in [0.4, 0.5) is 5.69 Å². The van der Waals surface area contributed by atoms with Crippen molar-refractivity contribution in [3.8, 4) is 0 Å². The quantitative estimate of drug-likeness (QED) is 0.866. The Kier molecular flexibility index (Phi) is 4.16. The molecule has 0 saturated heterocycles. The van der Waals surface area contributed by atoms with E-state index in [4.69, 9.17) is 5.73 Å². The Balaban J connectivity index is 2.17. The van der Waals surface area contributed by atoms with Gasteiger partial charge in [0.25, 0.3) is 0 Å². The second kappa shape index (κ2) is 5.51. The van der Waals surface area contributed by atoms with Crippen LogP contribution in [-0.4, -0.2) is 25.8 Å². The van der Waals surface area contributed by atoms with Gasteiger partial charge < -0.3 is 5.73 Å². The van der Waals surface area contributed by atoms with Gasteiger partial charge in [-0.2, -0.15) is 4.31 Å². The Morgan fingerprint density at radius 2 is 1.63 bits per heavy atom. The lowest BCUT2D eigenvalue weighted by molar-refractivity contribution is 0.246. The van der Waals surface area contributed by atoms with Crippen LogP contribution in [0.15, 0.2) is 29.2 Å². The Labute approximate surface area is 115 Å². The van der Waals surface area contributed by atoms with E-state index < -0.39 is 10.0 Å². The lowest BCUT2D eigenvalue weighted by Gasteiger charge is -2.32. The molecule has 0 bridgehead atoms. The molecule has 106 valence electrons. The van der Waals surface area contributed by atoms with Gasteiger partial charge in [0.05, 0.1) is 4.90 Å². The molecule has 1 aliphatic carbocycles. The van der Waals surface area contributed by atoms with Gasteiger partial charge in [-0.05, 0) is 55.9 Å². The van der Waals surface area contributed by atoms with Gasteiger partial charge in [-0.1, -0.05) is 6.92 Å². The molecular weight excluding hydrogens is 260 g/mol. The van der Waals surface area contributed by atoms with E-state index in [0.29, 0.717) is 16.5 Å². The van der Waals surface area contributed by atoms with Crippen LogP contribution in [0.25, 0.3) is 0 Å². The van der Waals surface area contributed by atoms with E-state index in [-0.39, 0.29) is 6.04 Å². The summed E-state index contributed by atoms with van der Waals surface area (Å²) in [7, 11) is -1.71. The monoisotopic (exact) mass is 282 g/mol. The number of sulfonamides is 1. The predicted octanol–water partition coefficient (Wildman–Crippen LogP) is 2.47. The minimum atomic E-state index is -3.40. The fraction of sp³-hybridized carbons (Fsp3) is 0.571. The minimum Gasteiger partial charge on any atom is -0.399 e. The molecule has 0 aliphatic heterocycles. The highest BCUT2D eigenvalue weighted by molar-refractivity contribution is 7.89. The van der Waals surface area contributed by atoms with Gasteiger partial charge in [-0.15, -0.1) is 0 Å². The number of hydrogen-bond donors (Lipinski definition) is 1. The van der Waals surface area contributed by atoms with E-state index in [1.807, 2.05) is 0 Å². The average Bonchev–Trinajstić information content (AvgIpc) is 2.39. The van der Waals surface area contributed by atoms with E-state index in [2.05, 4.69) is 6.92 Å². The van der Waals surface area contributed by atoms with Crippen LogP contribution in [0.1, 0.15) is 32.6 Å². The Bertz CT molecular complexity index is 517. The molecule has 2 N–H and O–H groups in total. The SMILES string of the molecule is CC1CCC(N(C)S(=O)(=O)c2ccc(N)cc2)CC1. The maximum absolute atomic E-state index is 12.5. The first-order chi connectivity index (χ1) is 8.91. The van der Waals surface area contributed by atoms with Gasteiger partial charge in [0.1, 0.15) is 0 Å². The molecule has 2 rings (SSSR count). The Morgan fingerprint density at radius 3 is 2.16 bits per heavy atom. The molecule has 4 nitrogen and oxygen atoms in total. The molecule has 0 radical (unpaired) electrons. The van der Waals surface area contributed by atoms with E-state index in [9.17, 15) is 8.42 Å². The molecule has 0 atom stereocenters. The zero-order valence-corrected chi connectivity index (χ0v) is 12.4. The molecule has 0 aromatic heterocycles. The molecule has 1 aromatic carbocycles. The van der Waals surface area contributed by atoms with Crippen molar-refractivity contribution in [3.05, 3.63) is 24.3 Å². The lowest BCUT2D eigenvalue weighted by Crippen LogP contribution is -2.39. The van der Waals surface area contributed by atoms with Crippen LogP contribution in [0.2, 0.25) is 0 Å². The van der Waals surface area contributed by atoms with Gasteiger partial charge >= 0.3 is 0 Å². The molecule has 0 amide bonds. The minimum absolute atomic E-state index is 0.124. The number of nitrogen functional groups attached to an aromatic ring is 1. The van der Waals surface area contributed by atoms with Gasteiger partial charge in [-0.25, -0.2) is 8.42 Å². The summed E-state index contributed by atoms with van der Waals surface area (Å²) in [5.41, 5.74) is 6.17. The number of rotatable bonds is 3. The number of benzene rings is 1. The third kappa shape index (κ3) is 3.09. The van der Waals surface area contributed by atoms with Gasteiger partial charge in [0.15, 0.2) is 0 Å². The van der Waals surface area contributed by atoms with Crippen molar-refractivity contribution < 1.29 is 8.42 Å². The predicted molar refractivity (Wildman–Crippen MR) is 77.2 cm³/mol. The van der Waals surface area contributed by atoms with Crippen LogP contribution in [0, 0.1) is 5.92 Å². The molecule has 0 spiro atoms. The molecule has 1 aliphatic rings. The summed E-state index contributed by atoms with van der Waals surface area (Å²) in [6.07, 6.45) is 4.11. The summed E-state index contributed by atoms with van der Waals surface area (Å²) in [6.45, 7) is 2.23. The fourth-order valence-corrected chi connectivity index (χ4v) is 4.02. The molecule has 1 aromatic rings. The van der Waals surface area contributed by atoms with Crippen molar-refractivity contribution in [2.75, 3.05) is 12.8 Å². The summed E-state index contributed by atoms with van der Waals surface area (Å²) in [5, 5.41) is 0. The topological polar surface area (TPSA) is 63.4 Å². The third-order valence-electron chi connectivity index (χ3n) is 4.06. The third-order valence-corrected chi connectivity index (χ3v) is 5.98. The Hall–Kier alpha value is -1.07. The van der Waals surface area contributed by atoms with Crippen LogP contribution < -0.4 is 5.73 Å². The van der Waals surface area contributed by atoms with E-state index in [1.54, 1.807) is 31.3 Å². The number of nitrogens with zero attached hydrogens (tertiary/aromatic N) is 1. The molecule has 19 heavy (non-hydrogen) atoms. The highest BCUT2D eigenvalue weighted by Gasteiger charge is 2.30. The Morgan fingerprint density at radius 1 is 1.11 bits per heavy atom. The van der Waals surface area contributed by atoms with Crippen molar-refractivity contribution >= 4 is 15.7 Å². The van der Waals surface area contributed by atoms with Crippen LogP contribution >= 0.6 is 0 Å². The van der Waals surface area contributed by atoms with E-state index in [1.165, 1.54) is 4.31 Å². The summed E-state index contributed by atoms with van der Waals surface area (Å²) < 4.78 is 26.6. The lowest BCUT2D eigenvalue weighted by atomic mass is 9.87. The van der Waals surface area contributed by atoms with Gasteiger partial charge in [0, 0.05) is 18.8 Å². The average molecular weight is 282 g/mol. The maximum atomic E-state index is 12.5. The first-order valence-corrected chi connectivity index (χ1v) is 8.19. The highest BCUT2D eigenvalue weighted by Crippen LogP contribution is 2.29. The van der Waals surface area contributed by atoms with E-state index >= 15 is 0 Å². The zero-order valence-electron chi connectivity index (χ0n) is 11.5. The first-order valence-electron chi connectivity index (χ1n) is 6.75. The second-order valence-corrected chi connectivity index (χ2v) is 7.50. The summed E-state index contributed by atoms with van der Waals surface area (Å²) in [5.74, 6) is 0.712. The zero-order chi connectivity index (χ0) is 14.0. The van der Waals surface area contributed by atoms with Crippen molar-refractivity contribution in [3.63, 3.8) is 0 Å². The first kappa shape index (κ1) is 14.3. The molecule has 0 heterocycles. The molecule has 5 heteroatoms. The number of hydrogen-bond acceptors (Lipinski definition) is 3. The summed E-state index contributed by atoms with van der Waals surface area (Å²) >= 11 is 0. The highest BCUT2D eigenvalue weighted by atomic mass is 32.2. The van der Waals surface area contributed by atoms with Crippen molar-refractivity contribution in [2.24, 2.45) is 5.92 Å². The van der Waals surface area contributed by atoms with Crippen molar-refractivity contribution in [1.29, 1.82) is 0 Å². The van der Waals surface area contributed by atoms with Crippen molar-refractivity contribution in [1.82, 2.24) is 4.31 Å².